The first-order valence-corrected chi connectivity index (χ1v) is 5.01. The minimum atomic E-state index is -4.17. The molecule has 0 aromatic rings. The molecule has 13 heavy (non-hydrogen) atoms. The predicted octanol–water partition coefficient (Wildman–Crippen LogP) is 1.50. The number of hydrogen-bond donors (Lipinski definition) is 1. The lowest BCUT2D eigenvalue weighted by Crippen LogP contribution is -2.32. The van der Waals surface area contributed by atoms with Gasteiger partial charge in [0.25, 0.3) is 0 Å². The van der Waals surface area contributed by atoms with E-state index in [9.17, 15) is 13.2 Å². The van der Waals surface area contributed by atoms with Gasteiger partial charge in [0.15, 0.2) is 0 Å². The quantitative estimate of drug-likeness (QED) is 0.685. The maximum absolute atomic E-state index is 12.1. The summed E-state index contributed by atoms with van der Waals surface area (Å²) >= 11 is 1.21. The smallest absolute Gasteiger partial charge is 0.384 e. The molecule has 1 unspecified atom stereocenters. The second kappa shape index (κ2) is 6.50. The van der Waals surface area contributed by atoms with Gasteiger partial charge < -0.3 is 10.5 Å². The minimum absolute atomic E-state index is 0.0172. The molecule has 2 nitrogen and oxygen atoms in total. The van der Waals surface area contributed by atoms with Gasteiger partial charge >= 0.3 is 6.18 Å². The van der Waals surface area contributed by atoms with Gasteiger partial charge in [0.1, 0.15) is 0 Å². The van der Waals surface area contributed by atoms with Crippen molar-refractivity contribution < 1.29 is 17.9 Å². The van der Waals surface area contributed by atoms with Gasteiger partial charge in [0, 0.05) is 25.2 Å². The van der Waals surface area contributed by atoms with Crippen LogP contribution in [0.2, 0.25) is 0 Å². The van der Waals surface area contributed by atoms with E-state index in [0.29, 0.717) is 12.4 Å². The van der Waals surface area contributed by atoms with Crippen molar-refractivity contribution in [2.24, 2.45) is 11.7 Å². The zero-order chi connectivity index (χ0) is 10.3. The molecule has 0 saturated carbocycles. The van der Waals surface area contributed by atoms with Crippen molar-refractivity contribution in [3.8, 4) is 0 Å². The summed E-state index contributed by atoms with van der Waals surface area (Å²) < 4.78 is 41.0. The first kappa shape index (κ1) is 13.1. The highest BCUT2D eigenvalue weighted by atomic mass is 32.2. The molecule has 0 aliphatic heterocycles. The molecule has 0 aliphatic rings. The maximum atomic E-state index is 12.1. The van der Waals surface area contributed by atoms with Crippen molar-refractivity contribution in [1.29, 1.82) is 0 Å². The Morgan fingerprint density at radius 2 is 2.08 bits per heavy atom. The van der Waals surface area contributed by atoms with Crippen molar-refractivity contribution >= 4 is 11.8 Å². The molecular formula is C7H14F3NOS. The predicted molar refractivity (Wildman–Crippen MR) is 47.8 cm³/mol. The topological polar surface area (TPSA) is 35.2 Å². The minimum Gasteiger partial charge on any atom is -0.384 e. The number of hydrogen-bond acceptors (Lipinski definition) is 3. The Morgan fingerprint density at radius 3 is 2.46 bits per heavy atom. The van der Waals surface area contributed by atoms with Gasteiger partial charge in [-0.25, -0.2) is 0 Å². The molecule has 2 N–H and O–H groups in total. The average Bonchev–Trinajstić information content (AvgIpc) is 2.02. The third kappa shape index (κ3) is 6.17. The van der Waals surface area contributed by atoms with E-state index in [4.69, 9.17) is 10.5 Å². The van der Waals surface area contributed by atoms with E-state index in [1.165, 1.54) is 18.9 Å². The molecule has 6 heteroatoms. The first-order chi connectivity index (χ1) is 6.02. The molecule has 0 heterocycles. The van der Waals surface area contributed by atoms with E-state index >= 15 is 0 Å². The van der Waals surface area contributed by atoms with Crippen molar-refractivity contribution in [3.05, 3.63) is 0 Å². The van der Waals surface area contributed by atoms with Crippen LogP contribution >= 0.6 is 11.8 Å². The molecule has 80 valence electrons. The zero-order valence-corrected chi connectivity index (χ0v) is 8.25. The molecule has 1 atom stereocenters. The molecule has 0 radical (unpaired) electrons. The first-order valence-electron chi connectivity index (χ1n) is 3.85. The summed E-state index contributed by atoms with van der Waals surface area (Å²) in [5, 5.41) is 0. The van der Waals surface area contributed by atoms with Crippen molar-refractivity contribution in [1.82, 2.24) is 0 Å². The fraction of sp³-hybridized carbons (Fsp3) is 1.00. The van der Waals surface area contributed by atoms with Crippen LogP contribution in [0.15, 0.2) is 0 Å². The molecule has 0 aromatic heterocycles. The van der Waals surface area contributed by atoms with Gasteiger partial charge in [0.2, 0.25) is 0 Å². The molecule has 0 spiro atoms. The number of ether oxygens (including phenoxy) is 1. The van der Waals surface area contributed by atoms with Crippen LogP contribution in [0.5, 0.6) is 0 Å². The molecule has 0 fully saturated rings. The van der Waals surface area contributed by atoms with Crippen LogP contribution in [0.1, 0.15) is 0 Å². The Morgan fingerprint density at radius 1 is 1.46 bits per heavy atom. The molecule has 0 aromatic carbocycles. The summed E-state index contributed by atoms with van der Waals surface area (Å²) in [4.78, 5) is 0. The summed E-state index contributed by atoms with van der Waals surface area (Å²) in [6, 6.07) is 0. The highest BCUT2D eigenvalue weighted by molar-refractivity contribution is 7.99. The summed E-state index contributed by atoms with van der Waals surface area (Å²) in [6.07, 6.45) is -4.17. The van der Waals surface area contributed by atoms with Crippen LogP contribution in [0.3, 0.4) is 0 Å². The monoisotopic (exact) mass is 217 g/mol. The van der Waals surface area contributed by atoms with E-state index in [1.54, 1.807) is 0 Å². The van der Waals surface area contributed by atoms with E-state index in [0.717, 1.165) is 0 Å². The fourth-order valence-corrected chi connectivity index (χ4v) is 1.72. The van der Waals surface area contributed by atoms with Gasteiger partial charge in [-0.1, -0.05) is 0 Å². The summed E-state index contributed by atoms with van der Waals surface area (Å²) in [5.41, 5.74) is 5.01. The van der Waals surface area contributed by atoms with E-state index in [2.05, 4.69) is 0 Å². The van der Waals surface area contributed by atoms with Crippen LogP contribution in [-0.2, 0) is 4.74 Å². The van der Waals surface area contributed by atoms with E-state index in [1.807, 2.05) is 0 Å². The van der Waals surface area contributed by atoms with Crippen molar-refractivity contribution in [2.45, 2.75) is 6.18 Å². The Bertz CT molecular complexity index is 131. The van der Waals surface area contributed by atoms with Gasteiger partial charge in [-0.2, -0.15) is 24.9 Å². The number of thioether (sulfide) groups is 1. The second-order valence-corrected chi connectivity index (χ2v) is 3.69. The highest BCUT2D eigenvalue weighted by Gasteiger charge is 2.37. The third-order valence-corrected chi connectivity index (χ3v) is 2.59. The molecular weight excluding hydrogens is 203 g/mol. The number of nitrogens with two attached hydrogens (primary N) is 1. The lowest BCUT2D eigenvalue weighted by molar-refractivity contribution is -0.165. The highest BCUT2D eigenvalue weighted by Crippen LogP contribution is 2.28. The molecule has 0 aliphatic carbocycles. The Kier molecular flexibility index (Phi) is 6.53. The average molecular weight is 217 g/mol. The number of methoxy groups -OCH3 is 1. The normalized spacial score (nSPS) is 14.5. The fourth-order valence-electron chi connectivity index (χ4n) is 0.664. The van der Waals surface area contributed by atoms with Gasteiger partial charge in [-0.05, 0) is 0 Å². The third-order valence-electron chi connectivity index (χ3n) is 1.50. The lowest BCUT2D eigenvalue weighted by atomic mass is 10.2. The van der Waals surface area contributed by atoms with E-state index in [-0.39, 0.29) is 12.3 Å². The van der Waals surface area contributed by atoms with Crippen molar-refractivity contribution in [3.63, 3.8) is 0 Å². The van der Waals surface area contributed by atoms with Crippen LogP contribution in [-0.4, -0.2) is 37.9 Å². The lowest BCUT2D eigenvalue weighted by Gasteiger charge is -2.17. The second-order valence-electron chi connectivity index (χ2n) is 2.54. The Labute approximate surface area is 80.0 Å². The zero-order valence-electron chi connectivity index (χ0n) is 7.43. The maximum Gasteiger partial charge on any atom is 0.393 e. The largest absolute Gasteiger partial charge is 0.393 e. The molecule has 0 bridgehead atoms. The number of halogens is 3. The molecule has 0 saturated heterocycles. The van der Waals surface area contributed by atoms with Crippen molar-refractivity contribution in [2.75, 3.05) is 31.8 Å². The summed E-state index contributed by atoms with van der Waals surface area (Å²) in [7, 11) is 1.52. The number of rotatable bonds is 6. The van der Waals surface area contributed by atoms with Crippen LogP contribution in [0.25, 0.3) is 0 Å². The molecule has 0 rings (SSSR count). The summed E-state index contributed by atoms with van der Waals surface area (Å²) in [6.45, 7) is 0.128. The standard InChI is InChI=1S/C7H14F3NOS/c1-12-2-3-13-5-6(4-11)7(8,9)10/h6H,2-5,11H2,1H3. The van der Waals surface area contributed by atoms with Gasteiger partial charge in [0.05, 0.1) is 12.5 Å². The molecule has 0 amide bonds. The van der Waals surface area contributed by atoms with E-state index < -0.39 is 12.1 Å². The van der Waals surface area contributed by atoms with Crippen LogP contribution in [0.4, 0.5) is 13.2 Å². The Balaban J connectivity index is 3.61. The SMILES string of the molecule is COCCSCC(CN)C(F)(F)F. The van der Waals surface area contributed by atoms with Gasteiger partial charge in [-0.3, -0.25) is 0 Å². The number of alkyl halides is 3. The van der Waals surface area contributed by atoms with Gasteiger partial charge in [-0.15, -0.1) is 0 Å². The van der Waals surface area contributed by atoms with Crippen LogP contribution < -0.4 is 5.73 Å². The van der Waals surface area contributed by atoms with Crippen LogP contribution in [0, 0.1) is 5.92 Å². The Hall–Kier alpha value is 0.0600. The summed E-state index contributed by atoms with van der Waals surface area (Å²) in [5.74, 6) is -0.804.